The van der Waals surface area contributed by atoms with Gasteiger partial charge in [0.15, 0.2) is 6.10 Å². The molecule has 1 N–H and O–H groups in total. The van der Waals surface area contributed by atoms with E-state index in [4.69, 9.17) is 14.6 Å². The van der Waals surface area contributed by atoms with Gasteiger partial charge in [-0.3, -0.25) is 4.79 Å². The van der Waals surface area contributed by atoms with Gasteiger partial charge in [0.1, 0.15) is 0 Å². The van der Waals surface area contributed by atoms with Crippen LogP contribution in [0.15, 0.2) is 0 Å². The van der Waals surface area contributed by atoms with Crippen LogP contribution in [0.25, 0.3) is 0 Å². The van der Waals surface area contributed by atoms with E-state index < -0.39 is 12.1 Å². The minimum atomic E-state index is -1.02. The molecule has 104 valence electrons. The van der Waals surface area contributed by atoms with Crippen molar-refractivity contribution in [3.8, 4) is 0 Å². The van der Waals surface area contributed by atoms with Crippen LogP contribution in [-0.2, 0) is 19.1 Å². The lowest BCUT2D eigenvalue weighted by Gasteiger charge is -2.35. The number of carbonyl (C=O) groups excluding carboxylic acids is 1. The second-order valence-electron chi connectivity index (χ2n) is 4.37. The Morgan fingerprint density at radius 2 is 2.17 bits per heavy atom. The highest BCUT2D eigenvalue weighted by molar-refractivity contribution is 5.78. The van der Waals surface area contributed by atoms with Crippen LogP contribution >= 0.6 is 0 Å². The monoisotopic (exact) mass is 259 g/mol. The summed E-state index contributed by atoms with van der Waals surface area (Å²) >= 11 is 0. The Labute approximate surface area is 107 Å². The molecule has 0 aromatic carbocycles. The van der Waals surface area contributed by atoms with E-state index in [-0.39, 0.29) is 18.6 Å². The van der Waals surface area contributed by atoms with Crippen LogP contribution in [-0.4, -0.2) is 60.4 Å². The van der Waals surface area contributed by atoms with E-state index in [2.05, 4.69) is 0 Å². The van der Waals surface area contributed by atoms with Crippen molar-refractivity contribution in [3.05, 3.63) is 0 Å². The number of rotatable bonds is 6. The fourth-order valence-electron chi connectivity index (χ4n) is 1.92. The second kappa shape index (κ2) is 7.33. The molecule has 0 radical (unpaired) electrons. The van der Waals surface area contributed by atoms with E-state index in [9.17, 15) is 9.59 Å². The van der Waals surface area contributed by atoms with Gasteiger partial charge in [-0.1, -0.05) is 0 Å². The molecule has 1 amide bonds. The summed E-state index contributed by atoms with van der Waals surface area (Å²) in [5.74, 6) is -1.05. The van der Waals surface area contributed by atoms with Gasteiger partial charge in [0.25, 0.3) is 0 Å². The molecule has 6 nitrogen and oxygen atoms in total. The summed E-state index contributed by atoms with van der Waals surface area (Å²) < 4.78 is 10.4. The first-order chi connectivity index (χ1) is 8.54. The molecule has 18 heavy (non-hydrogen) atoms. The van der Waals surface area contributed by atoms with Crippen LogP contribution in [0.5, 0.6) is 0 Å². The van der Waals surface area contributed by atoms with Crippen molar-refractivity contribution in [1.82, 2.24) is 4.90 Å². The number of carboxylic acids is 1. The summed E-state index contributed by atoms with van der Waals surface area (Å²) in [4.78, 5) is 24.3. The fourth-order valence-corrected chi connectivity index (χ4v) is 1.92. The predicted molar refractivity (Wildman–Crippen MR) is 64.3 cm³/mol. The fraction of sp³-hybridized carbons (Fsp3) is 0.833. The average Bonchev–Trinajstić information content (AvgIpc) is 2.33. The lowest BCUT2D eigenvalue weighted by molar-refractivity contribution is -0.166. The zero-order valence-electron chi connectivity index (χ0n) is 10.9. The zero-order chi connectivity index (χ0) is 13.5. The summed E-state index contributed by atoms with van der Waals surface area (Å²) in [5.41, 5.74) is 0. The number of amides is 1. The summed E-state index contributed by atoms with van der Waals surface area (Å²) in [6.07, 6.45) is -0.102. The Morgan fingerprint density at radius 3 is 2.78 bits per heavy atom. The van der Waals surface area contributed by atoms with Crippen LogP contribution in [0.2, 0.25) is 0 Å². The van der Waals surface area contributed by atoms with Gasteiger partial charge >= 0.3 is 5.97 Å². The topological polar surface area (TPSA) is 76.1 Å². The number of nitrogens with zero attached hydrogens (tertiary/aromatic N) is 1. The molecular weight excluding hydrogens is 238 g/mol. The zero-order valence-corrected chi connectivity index (χ0v) is 10.9. The molecule has 1 aliphatic heterocycles. The molecular formula is C12H21NO5. The van der Waals surface area contributed by atoms with Gasteiger partial charge in [0.05, 0.1) is 12.6 Å². The number of hydrogen-bond donors (Lipinski definition) is 1. The Kier molecular flexibility index (Phi) is 6.07. The van der Waals surface area contributed by atoms with Crippen molar-refractivity contribution in [3.63, 3.8) is 0 Å². The molecule has 1 rings (SSSR count). The molecule has 1 heterocycles. The lowest BCUT2D eigenvalue weighted by Crippen LogP contribution is -2.51. The Balaban J connectivity index is 2.39. The number of aliphatic carboxylic acids is 1. The molecule has 1 aliphatic rings. The molecule has 0 spiro atoms. The van der Waals surface area contributed by atoms with Crippen molar-refractivity contribution in [2.75, 3.05) is 26.3 Å². The van der Waals surface area contributed by atoms with Crippen LogP contribution in [0, 0.1) is 0 Å². The minimum absolute atomic E-state index is 0.0314. The smallest absolute Gasteiger partial charge is 0.334 e. The highest BCUT2D eigenvalue weighted by Crippen LogP contribution is 2.13. The highest BCUT2D eigenvalue weighted by Gasteiger charge is 2.32. The maximum absolute atomic E-state index is 11.9. The van der Waals surface area contributed by atoms with Gasteiger partial charge in [-0.05, 0) is 20.3 Å². The summed E-state index contributed by atoms with van der Waals surface area (Å²) in [7, 11) is 0. The first-order valence-electron chi connectivity index (χ1n) is 6.28. The van der Waals surface area contributed by atoms with E-state index >= 15 is 0 Å². The molecule has 1 fully saturated rings. The van der Waals surface area contributed by atoms with Crippen LogP contribution in [0.3, 0.4) is 0 Å². The van der Waals surface area contributed by atoms with Crippen molar-refractivity contribution in [1.29, 1.82) is 0 Å². The average molecular weight is 259 g/mol. The van der Waals surface area contributed by atoms with Crippen LogP contribution < -0.4 is 0 Å². The van der Waals surface area contributed by atoms with Crippen LogP contribution in [0.4, 0.5) is 0 Å². The molecule has 0 aliphatic carbocycles. The maximum Gasteiger partial charge on any atom is 0.334 e. The van der Waals surface area contributed by atoms with Gasteiger partial charge in [-0.15, -0.1) is 0 Å². The first-order valence-corrected chi connectivity index (χ1v) is 6.28. The third-order valence-electron chi connectivity index (χ3n) is 2.77. The maximum atomic E-state index is 11.9. The van der Waals surface area contributed by atoms with Crippen molar-refractivity contribution in [2.45, 2.75) is 38.9 Å². The molecule has 0 saturated carbocycles. The first kappa shape index (κ1) is 14.9. The van der Waals surface area contributed by atoms with E-state index in [1.165, 1.54) is 0 Å². The summed E-state index contributed by atoms with van der Waals surface area (Å²) in [6.45, 7) is 5.47. The molecule has 6 heteroatoms. The standard InChI is InChI=1S/C12H21NO5/c1-3-17-6-4-5-11(14)13-7-9(2)18-10(8-13)12(15)16/h9-10H,3-8H2,1-2H3,(H,15,16)/t9-,10?/m1/s1. The van der Waals surface area contributed by atoms with Gasteiger partial charge in [-0.2, -0.15) is 0 Å². The molecule has 0 aromatic rings. The number of morpholine rings is 1. The number of hydrogen-bond acceptors (Lipinski definition) is 4. The second-order valence-corrected chi connectivity index (χ2v) is 4.37. The highest BCUT2D eigenvalue weighted by atomic mass is 16.5. The Bertz CT molecular complexity index is 294. The van der Waals surface area contributed by atoms with E-state index in [1.807, 2.05) is 6.92 Å². The van der Waals surface area contributed by atoms with Crippen molar-refractivity contribution < 1.29 is 24.2 Å². The number of carboxylic acid groups (broad SMARTS) is 1. The van der Waals surface area contributed by atoms with Gasteiger partial charge < -0.3 is 19.5 Å². The third kappa shape index (κ3) is 4.62. The van der Waals surface area contributed by atoms with Gasteiger partial charge in [0.2, 0.25) is 5.91 Å². The molecule has 0 bridgehead atoms. The van der Waals surface area contributed by atoms with Crippen molar-refractivity contribution >= 4 is 11.9 Å². The number of ether oxygens (including phenoxy) is 2. The largest absolute Gasteiger partial charge is 0.479 e. The molecule has 0 aromatic heterocycles. The predicted octanol–water partition coefficient (Wildman–Crippen LogP) is 0.504. The quantitative estimate of drug-likeness (QED) is 0.703. The Hall–Kier alpha value is -1.14. The summed E-state index contributed by atoms with van der Waals surface area (Å²) in [6, 6.07) is 0. The van der Waals surface area contributed by atoms with Crippen molar-refractivity contribution in [2.24, 2.45) is 0 Å². The molecule has 1 unspecified atom stereocenters. The van der Waals surface area contributed by atoms with E-state index in [1.54, 1.807) is 11.8 Å². The molecule has 1 saturated heterocycles. The van der Waals surface area contributed by atoms with E-state index in [0.717, 1.165) is 0 Å². The van der Waals surface area contributed by atoms with Crippen LogP contribution in [0.1, 0.15) is 26.7 Å². The minimum Gasteiger partial charge on any atom is -0.479 e. The normalized spacial score (nSPS) is 24.0. The van der Waals surface area contributed by atoms with Gasteiger partial charge in [-0.25, -0.2) is 4.79 Å². The molecule has 2 atom stereocenters. The van der Waals surface area contributed by atoms with Gasteiger partial charge in [0, 0.05) is 26.2 Å². The summed E-state index contributed by atoms with van der Waals surface area (Å²) in [5, 5.41) is 8.92. The van der Waals surface area contributed by atoms with E-state index in [0.29, 0.717) is 32.6 Å². The Morgan fingerprint density at radius 1 is 1.44 bits per heavy atom. The third-order valence-corrected chi connectivity index (χ3v) is 2.77. The SMILES string of the molecule is CCOCCCC(=O)N1CC(C(=O)O)O[C@H](C)C1. The number of carbonyl (C=O) groups is 2. The lowest BCUT2D eigenvalue weighted by atomic mass is 10.2.